The average molecular weight is 531 g/mol. The predicted molar refractivity (Wildman–Crippen MR) is 152 cm³/mol. The summed E-state index contributed by atoms with van der Waals surface area (Å²) in [6, 6.07) is 11.1. The molecule has 204 valence electrons. The van der Waals surface area contributed by atoms with Crippen LogP contribution in [-0.2, 0) is 18.8 Å². The van der Waals surface area contributed by atoms with Crippen molar-refractivity contribution in [3.63, 3.8) is 0 Å². The zero-order valence-corrected chi connectivity index (χ0v) is 22.5. The lowest BCUT2D eigenvalue weighted by atomic mass is 10.1. The zero-order chi connectivity index (χ0) is 27.7. The van der Waals surface area contributed by atoms with Crippen molar-refractivity contribution in [2.75, 3.05) is 43.4 Å². The summed E-state index contributed by atoms with van der Waals surface area (Å²) in [5.41, 5.74) is 1.95. The minimum atomic E-state index is -1.16. The first kappa shape index (κ1) is 26.5. The highest BCUT2D eigenvalue weighted by molar-refractivity contribution is 5.77. The summed E-state index contributed by atoms with van der Waals surface area (Å²) in [5.74, 6) is 0.731. The van der Waals surface area contributed by atoms with Gasteiger partial charge in [-0.25, -0.2) is 19.3 Å². The van der Waals surface area contributed by atoms with Gasteiger partial charge in [-0.15, -0.1) is 6.58 Å². The molecule has 3 aromatic heterocycles. The van der Waals surface area contributed by atoms with Crippen molar-refractivity contribution in [3.8, 4) is 5.82 Å². The van der Waals surface area contributed by atoms with Gasteiger partial charge in [-0.05, 0) is 51.2 Å². The van der Waals surface area contributed by atoms with Gasteiger partial charge in [0.05, 0.1) is 18.8 Å². The Hall–Kier alpha value is -4.06. The molecule has 11 nitrogen and oxygen atoms in total. The summed E-state index contributed by atoms with van der Waals surface area (Å²) in [5, 5.41) is 24.1. The number of piperazine rings is 1. The van der Waals surface area contributed by atoms with E-state index in [-0.39, 0.29) is 18.7 Å². The fourth-order valence-electron chi connectivity index (χ4n) is 4.77. The lowest BCUT2D eigenvalue weighted by Gasteiger charge is -2.35. The molecule has 0 spiro atoms. The molecular formula is C28H34N8O3. The highest BCUT2D eigenvalue weighted by atomic mass is 16.3. The Morgan fingerprint density at radius 1 is 1.13 bits per heavy atom. The zero-order valence-electron chi connectivity index (χ0n) is 22.5. The molecule has 1 aliphatic heterocycles. The van der Waals surface area contributed by atoms with Gasteiger partial charge >= 0.3 is 0 Å². The van der Waals surface area contributed by atoms with Crippen molar-refractivity contribution in [2.45, 2.75) is 32.6 Å². The van der Waals surface area contributed by atoms with Crippen LogP contribution in [0.4, 0.5) is 17.3 Å². The van der Waals surface area contributed by atoms with Crippen LogP contribution in [0, 0.1) is 0 Å². The van der Waals surface area contributed by atoms with E-state index in [1.165, 1.54) is 10.9 Å². The summed E-state index contributed by atoms with van der Waals surface area (Å²) < 4.78 is 3.11. The first-order chi connectivity index (χ1) is 18.7. The van der Waals surface area contributed by atoms with Crippen LogP contribution in [0.15, 0.2) is 60.0 Å². The van der Waals surface area contributed by atoms with E-state index >= 15 is 0 Å². The maximum Gasteiger partial charge on any atom is 0.278 e. The highest BCUT2D eigenvalue weighted by Gasteiger charge is 2.22. The molecule has 4 heterocycles. The number of benzene rings is 1. The molecule has 0 amide bonds. The smallest absolute Gasteiger partial charge is 0.278 e. The van der Waals surface area contributed by atoms with Gasteiger partial charge in [-0.2, -0.15) is 4.98 Å². The molecule has 39 heavy (non-hydrogen) atoms. The molecule has 4 aromatic rings. The van der Waals surface area contributed by atoms with Crippen LogP contribution in [0.25, 0.3) is 16.9 Å². The SMILES string of the molecule is C=CCn1c(=O)c2cnc(Nc3ccc(N4CCN(C)CC4)c(CO)c3)nc2n1-c1cccc(C(C)(C)O)n1. The second-order valence-corrected chi connectivity index (χ2v) is 10.3. The molecule has 11 heteroatoms. The Kier molecular flexibility index (Phi) is 7.21. The van der Waals surface area contributed by atoms with E-state index in [2.05, 4.69) is 43.7 Å². The van der Waals surface area contributed by atoms with Crippen molar-refractivity contribution in [1.82, 2.24) is 29.2 Å². The van der Waals surface area contributed by atoms with Crippen LogP contribution in [0.5, 0.6) is 0 Å². The number of fused-ring (bicyclic) bond motifs is 1. The molecule has 1 fully saturated rings. The van der Waals surface area contributed by atoms with Crippen LogP contribution in [0.3, 0.4) is 0 Å². The second kappa shape index (κ2) is 10.6. The van der Waals surface area contributed by atoms with Gasteiger partial charge < -0.3 is 25.3 Å². The van der Waals surface area contributed by atoms with Crippen LogP contribution in [0.1, 0.15) is 25.1 Å². The number of allylic oxidation sites excluding steroid dienone is 1. The monoisotopic (exact) mass is 530 g/mol. The molecule has 1 aromatic carbocycles. The Labute approximate surface area is 226 Å². The van der Waals surface area contributed by atoms with Gasteiger partial charge in [0.15, 0.2) is 11.5 Å². The van der Waals surface area contributed by atoms with Crippen molar-refractivity contribution in [2.24, 2.45) is 0 Å². The van der Waals surface area contributed by atoms with E-state index in [0.717, 1.165) is 43.1 Å². The molecule has 5 rings (SSSR count). The topological polar surface area (TPSA) is 125 Å². The normalized spacial score (nSPS) is 14.6. The first-order valence-electron chi connectivity index (χ1n) is 12.9. The predicted octanol–water partition coefficient (Wildman–Crippen LogP) is 2.38. The minimum Gasteiger partial charge on any atom is -0.392 e. The van der Waals surface area contributed by atoms with E-state index in [9.17, 15) is 15.0 Å². The van der Waals surface area contributed by atoms with E-state index in [1.54, 1.807) is 42.8 Å². The van der Waals surface area contributed by atoms with E-state index in [0.29, 0.717) is 28.5 Å². The lowest BCUT2D eigenvalue weighted by molar-refractivity contribution is 0.0738. The number of hydrogen-bond donors (Lipinski definition) is 3. The summed E-state index contributed by atoms with van der Waals surface area (Å²) in [6.07, 6.45) is 3.12. The van der Waals surface area contributed by atoms with Gasteiger partial charge in [0.1, 0.15) is 11.0 Å². The largest absolute Gasteiger partial charge is 0.392 e. The van der Waals surface area contributed by atoms with Crippen LogP contribution in [0.2, 0.25) is 0 Å². The number of rotatable bonds is 8. The molecule has 1 saturated heterocycles. The van der Waals surface area contributed by atoms with Gasteiger partial charge in [0, 0.05) is 49.3 Å². The molecule has 0 radical (unpaired) electrons. The second-order valence-electron chi connectivity index (χ2n) is 10.3. The van der Waals surface area contributed by atoms with E-state index < -0.39 is 5.60 Å². The minimum absolute atomic E-state index is 0.0930. The number of hydrogen-bond acceptors (Lipinski definition) is 9. The third-order valence-electron chi connectivity index (χ3n) is 6.91. The summed E-state index contributed by atoms with van der Waals surface area (Å²) >= 11 is 0. The fraction of sp³-hybridized carbons (Fsp3) is 0.357. The summed E-state index contributed by atoms with van der Waals surface area (Å²) in [7, 11) is 2.11. The number of likely N-dealkylation sites (N-methyl/N-ethyl adjacent to an activating group) is 1. The van der Waals surface area contributed by atoms with Crippen LogP contribution < -0.4 is 15.8 Å². The van der Waals surface area contributed by atoms with E-state index in [1.807, 2.05) is 18.2 Å². The van der Waals surface area contributed by atoms with E-state index in [4.69, 9.17) is 0 Å². The molecule has 1 aliphatic rings. The maximum atomic E-state index is 13.2. The van der Waals surface area contributed by atoms with Crippen molar-refractivity contribution < 1.29 is 10.2 Å². The van der Waals surface area contributed by atoms with Crippen molar-refractivity contribution in [1.29, 1.82) is 0 Å². The van der Waals surface area contributed by atoms with Gasteiger partial charge in [0.25, 0.3) is 5.56 Å². The van der Waals surface area contributed by atoms with Crippen LogP contribution >= 0.6 is 0 Å². The third-order valence-corrected chi connectivity index (χ3v) is 6.91. The molecule has 3 N–H and O–H groups in total. The molecule has 0 bridgehead atoms. The Balaban J connectivity index is 1.53. The Bertz CT molecular complexity index is 1560. The fourth-order valence-corrected chi connectivity index (χ4v) is 4.77. The quantitative estimate of drug-likeness (QED) is 0.295. The number of nitrogens with zero attached hydrogens (tertiary/aromatic N) is 7. The van der Waals surface area contributed by atoms with Crippen molar-refractivity contribution in [3.05, 3.63) is 76.9 Å². The van der Waals surface area contributed by atoms with Crippen LogP contribution in [-0.4, -0.2) is 72.7 Å². The summed E-state index contributed by atoms with van der Waals surface area (Å²) in [6.45, 7) is 11.0. The average Bonchev–Trinajstić information content (AvgIpc) is 3.19. The van der Waals surface area contributed by atoms with Crippen molar-refractivity contribution >= 4 is 28.4 Å². The molecule has 0 saturated carbocycles. The molecule has 0 aliphatic carbocycles. The number of aromatic nitrogens is 5. The number of nitrogens with one attached hydrogen (secondary N) is 1. The first-order valence-corrected chi connectivity index (χ1v) is 12.9. The number of aliphatic hydroxyl groups is 2. The maximum absolute atomic E-state index is 13.2. The third kappa shape index (κ3) is 5.29. The Morgan fingerprint density at radius 2 is 1.90 bits per heavy atom. The van der Waals surface area contributed by atoms with Gasteiger partial charge in [-0.1, -0.05) is 12.1 Å². The number of anilines is 3. The summed E-state index contributed by atoms with van der Waals surface area (Å²) in [4.78, 5) is 31.5. The molecular weight excluding hydrogens is 496 g/mol. The molecule has 0 atom stereocenters. The van der Waals surface area contributed by atoms with Gasteiger partial charge in [-0.3, -0.25) is 4.79 Å². The molecule has 0 unspecified atom stereocenters. The van der Waals surface area contributed by atoms with Gasteiger partial charge in [0.2, 0.25) is 5.95 Å². The Morgan fingerprint density at radius 3 is 2.59 bits per heavy atom. The standard InChI is InChI=1S/C28H34N8O3/c1-5-11-35-26(38)21-17-29-27(32-25(21)36(35)24-8-6-7-23(31-24)28(2,3)39)30-20-9-10-22(19(16-20)18-37)34-14-12-33(4)13-15-34/h5-10,16-17,37,39H,1,11-15,18H2,2-4H3,(H,29,30,32). The lowest BCUT2D eigenvalue weighted by Crippen LogP contribution is -2.44. The number of aliphatic hydroxyl groups excluding tert-OH is 1. The highest BCUT2D eigenvalue weighted by Crippen LogP contribution is 2.27. The number of pyridine rings is 1.